The molecule has 0 saturated carbocycles. The van der Waals surface area contributed by atoms with Crippen molar-refractivity contribution in [3.8, 4) is 22.6 Å². The zero-order valence-corrected chi connectivity index (χ0v) is 38.4. The Hall–Kier alpha value is -5.82. The molecule has 0 radical (unpaired) electrons. The fourth-order valence-corrected chi connectivity index (χ4v) is 9.38. The van der Waals surface area contributed by atoms with Crippen LogP contribution in [0.25, 0.3) is 32.9 Å². The Labute approximate surface area is 376 Å². The SMILES string of the molecule is Cc1cc(OCCCc2c3n(c4c(-c5c(C)nn(C)c5C)c(Cl)ccc24)[C@H](C)CN(c2cc(OCCOC(C)C)cc4c(C(=O)O)cn(Cc5ccccn5)c24)C3=O)cc(C)c1Cl. The highest BCUT2D eigenvalue weighted by molar-refractivity contribution is 6.35. The molecular weight excluding hydrogens is 839 g/mol. The first kappa shape index (κ1) is 43.8. The number of halogens is 2. The summed E-state index contributed by atoms with van der Waals surface area (Å²) in [6, 6.07) is 16.8. The van der Waals surface area contributed by atoms with Gasteiger partial charge in [0.05, 0.1) is 64.6 Å². The number of carboxylic acid groups (broad SMARTS) is 1. The maximum atomic E-state index is 15.7. The molecule has 1 N–H and O–H groups in total. The number of benzene rings is 3. The molecule has 7 aromatic rings. The van der Waals surface area contributed by atoms with Crippen molar-refractivity contribution >= 4 is 62.6 Å². The van der Waals surface area contributed by atoms with Gasteiger partial charge in [-0.3, -0.25) is 14.5 Å². The fraction of sp³-hybridized carbons (Fsp3) is 0.347. The van der Waals surface area contributed by atoms with Gasteiger partial charge in [0.1, 0.15) is 23.8 Å². The third kappa shape index (κ3) is 8.27. The molecule has 1 atom stereocenters. The lowest BCUT2D eigenvalue weighted by atomic mass is 9.98. The van der Waals surface area contributed by atoms with Crippen LogP contribution in [0.1, 0.15) is 87.9 Å². The second kappa shape index (κ2) is 17.7. The number of fused-ring (bicyclic) bond motifs is 4. The predicted molar refractivity (Wildman–Crippen MR) is 249 cm³/mol. The van der Waals surface area contributed by atoms with E-state index in [1.807, 2.05) is 106 Å². The van der Waals surface area contributed by atoms with Crippen molar-refractivity contribution in [2.24, 2.45) is 7.05 Å². The van der Waals surface area contributed by atoms with Crippen molar-refractivity contribution in [1.29, 1.82) is 0 Å². The first-order valence-corrected chi connectivity index (χ1v) is 22.0. The van der Waals surface area contributed by atoms with Gasteiger partial charge in [-0.1, -0.05) is 35.3 Å². The summed E-state index contributed by atoms with van der Waals surface area (Å²) in [5, 5.41) is 18.0. The maximum Gasteiger partial charge on any atom is 0.337 e. The molecule has 5 heterocycles. The van der Waals surface area contributed by atoms with Gasteiger partial charge >= 0.3 is 5.97 Å². The minimum atomic E-state index is -1.09. The van der Waals surface area contributed by atoms with Crippen LogP contribution < -0.4 is 14.4 Å². The lowest BCUT2D eigenvalue weighted by Crippen LogP contribution is -2.43. The van der Waals surface area contributed by atoms with Crippen LogP contribution >= 0.6 is 23.2 Å². The smallest absolute Gasteiger partial charge is 0.337 e. The molecule has 0 fully saturated rings. The van der Waals surface area contributed by atoms with E-state index in [0.717, 1.165) is 66.6 Å². The summed E-state index contributed by atoms with van der Waals surface area (Å²) in [6.07, 6.45) is 4.47. The van der Waals surface area contributed by atoms with Gasteiger partial charge in [-0.05, 0) is 114 Å². The van der Waals surface area contributed by atoms with E-state index in [0.29, 0.717) is 59.1 Å². The third-order valence-corrected chi connectivity index (χ3v) is 12.8. The van der Waals surface area contributed by atoms with E-state index in [4.69, 9.17) is 42.5 Å². The molecule has 1 aliphatic rings. The molecule has 1 aliphatic heterocycles. The molecule has 0 spiro atoms. The van der Waals surface area contributed by atoms with Crippen LogP contribution in [0.5, 0.6) is 11.5 Å². The van der Waals surface area contributed by atoms with Crippen LogP contribution in [-0.4, -0.2) is 73.4 Å². The molecule has 12 nitrogen and oxygen atoms in total. The normalized spacial score (nSPS) is 14.0. The highest BCUT2D eigenvalue weighted by atomic mass is 35.5. The topological polar surface area (TPSA) is 126 Å². The molecule has 0 bridgehead atoms. The molecule has 0 aliphatic carbocycles. The largest absolute Gasteiger partial charge is 0.494 e. The molecule has 0 saturated heterocycles. The van der Waals surface area contributed by atoms with Gasteiger partial charge in [0.25, 0.3) is 5.91 Å². The van der Waals surface area contributed by atoms with E-state index in [1.54, 1.807) is 23.4 Å². The van der Waals surface area contributed by atoms with Gasteiger partial charge in [-0.25, -0.2) is 4.79 Å². The summed E-state index contributed by atoms with van der Waals surface area (Å²) in [7, 11) is 1.92. The molecule has 0 unspecified atom stereocenters. The van der Waals surface area contributed by atoms with E-state index < -0.39 is 5.97 Å². The molecule has 8 rings (SSSR count). The predicted octanol–water partition coefficient (Wildman–Crippen LogP) is 10.7. The number of pyridine rings is 1. The second-order valence-corrected chi connectivity index (χ2v) is 17.5. The van der Waals surface area contributed by atoms with Crippen molar-refractivity contribution < 1.29 is 28.9 Å². The Morgan fingerprint density at radius 2 is 1.65 bits per heavy atom. The average Bonchev–Trinajstić information content (AvgIpc) is 3.86. The molecule has 14 heteroatoms. The second-order valence-electron chi connectivity index (χ2n) is 16.7. The van der Waals surface area contributed by atoms with Gasteiger partial charge in [0, 0.05) is 70.7 Å². The number of aromatic nitrogens is 5. The molecule has 3 aromatic carbocycles. The van der Waals surface area contributed by atoms with Crippen molar-refractivity contribution in [2.45, 2.75) is 80.0 Å². The molecule has 4 aromatic heterocycles. The zero-order chi connectivity index (χ0) is 44.9. The number of anilines is 1. The monoisotopic (exact) mass is 890 g/mol. The number of carbonyl (C=O) groups excluding carboxylic acids is 1. The number of aryl methyl sites for hydroxylation is 5. The van der Waals surface area contributed by atoms with Crippen LogP contribution in [0, 0.1) is 27.7 Å². The van der Waals surface area contributed by atoms with E-state index in [-0.39, 0.29) is 43.3 Å². The highest BCUT2D eigenvalue weighted by Crippen LogP contribution is 2.46. The van der Waals surface area contributed by atoms with Gasteiger partial charge in [0.2, 0.25) is 0 Å². The number of hydrogen-bond donors (Lipinski definition) is 1. The number of rotatable bonds is 15. The molecule has 328 valence electrons. The van der Waals surface area contributed by atoms with E-state index in [9.17, 15) is 9.90 Å². The van der Waals surface area contributed by atoms with Gasteiger partial charge in [-0.15, -0.1) is 0 Å². The van der Waals surface area contributed by atoms with Crippen LogP contribution in [0.4, 0.5) is 5.69 Å². The van der Waals surface area contributed by atoms with Crippen molar-refractivity contribution in [3.05, 3.63) is 122 Å². The van der Waals surface area contributed by atoms with Crippen LogP contribution in [-0.2, 0) is 24.8 Å². The van der Waals surface area contributed by atoms with Crippen LogP contribution in [0.15, 0.2) is 67.0 Å². The lowest BCUT2D eigenvalue weighted by Gasteiger charge is -2.35. The third-order valence-electron chi connectivity index (χ3n) is 11.9. The minimum Gasteiger partial charge on any atom is -0.494 e. The van der Waals surface area contributed by atoms with E-state index in [2.05, 4.69) is 16.5 Å². The average molecular weight is 892 g/mol. The number of aromatic carboxylic acids is 1. The summed E-state index contributed by atoms with van der Waals surface area (Å²) in [6.45, 7) is 15.5. The molecule has 1 amide bonds. The van der Waals surface area contributed by atoms with Gasteiger partial charge in [-0.2, -0.15) is 5.10 Å². The summed E-state index contributed by atoms with van der Waals surface area (Å²) < 4.78 is 24.2. The van der Waals surface area contributed by atoms with Crippen molar-refractivity contribution in [3.63, 3.8) is 0 Å². The molecular formula is C49H52Cl2N6O6. The number of carbonyl (C=O) groups is 2. The minimum absolute atomic E-state index is 0.0121. The fourth-order valence-electron chi connectivity index (χ4n) is 9.02. The summed E-state index contributed by atoms with van der Waals surface area (Å²) in [4.78, 5) is 34.9. The Balaban J connectivity index is 1.30. The van der Waals surface area contributed by atoms with E-state index in [1.165, 1.54) is 0 Å². The van der Waals surface area contributed by atoms with Gasteiger partial charge in [0.15, 0.2) is 0 Å². The Kier molecular flexibility index (Phi) is 12.3. The van der Waals surface area contributed by atoms with Gasteiger partial charge < -0.3 is 33.4 Å². The molecule has 63 heavy (non-hydrogen) atoms. The van der Waals surface area contributed by atoms with E-state index >= 15 is 4.79 Å². The summed E-state index contributed by atoms with van der Waals surface area (Å²) in [5.74, 6) is -0.156. The Bertz CT molecular complexity index is 2870. The lowest BCUT2D eigenvalue weighted by molar-refractivity contribution is 0.0553. The van der Waals surface area contributed by atoms with Crippen LogP contribution in [0.3, 0.4) is 0 Å². The first-order chi connectivity index (χ1) is 30.1. The van der Waals surface area contributed by atoms with Crippen molar-refractivity contribution in [1.82, 2.24) is 23.9 Å². The number of ether oxygens (including phenoxy) is 3. The quantitative estimate of drug-likeness (QED) is 0.101. The number of hydrogen-bond acceptors (Lipinski definition) is 7. The Morgan fingerprint density at radius 1 is 0.921 bits per heavy atom. The Morgan fingerprint density at radius 3 is 2.32 bits per heavy atom. The summed E-state index contributed by atoms with van der Waals surface area (Å²) in [5.41, 5.74) is 9.67. The highest BCUT2D eigenvalue weighted by Gasteiger charge is 2.38. The summed E-state index contributed by atoms with van der Waals surface area (Å²) >= 11 is 13.7. The first-order valence-electron chi connectivity index (χ1n) is 21.3. The van der Waals surface area contributed by atoms with Crippen LogP contribution in [0.2, 0.25) is 10.0 Å². The standard InChI is InChI=1S/C49H52Cl2N6O6/c1-27(2)61-18-19-63-35-22-38-39(49(59)60)26-55(25-33-12-9-10-16-52-33)45(38)41(23-35)56-24-30(5)57-46-37(14-15-40(50)43(46)42-31(6)53-54(8)32(42)7)36(47(57)48(56)58)13-11-17-62-34-20-28(3)44(51)29(4)21-34/h9-10,12,14-16,20-23,26-27,30H,11,13,17-19,24-25H2,1-8H3,(H,59,60)/t30-/m1/s1. The number of nitrogens with zero attached hydrogens (tertiary/aromatic N) is 6. The zero-order valence-electron chi connectivity index (χ0n) is 36.9. The maximum absolute atomic E-state index is 15.7. The number of amides is 1. The van der Waals surface area contributed by atoms with Crippen molar-refractivity contribution in [2.75, 3.05) is 31.3 Å². The number of carboxylic acids is 1.